The van der Waals surface area contributed by atoms with Gasteiger partial charge in [-0.1, -0.05) is 88.9 Å². The lowest BCUT2D eigenvalue weighted by molar-refractivity contribution is 0.429. The number of hydrogen-bond donors (Lipinski definition) is 0. The molecule has 0 radical (unpaired) electrons. The van der Waals surface area contributed by atoms with E-state index in [1.807, 2.05) is 0 Å². The normalized spacial score (nSPS) is 24.8. The van der Waals surface area contributed by atoms with E-state index in [2.05, 4.69) is 76.2 Å². The Kier molecular flexibility index (Phi) is 4.73. The van der Waals surface area contributed by atoms with Gasteiger partial charge in [-0.25, -0.2) is 0 Å². The van der Waals surface area contributed by atoms with Crippen molar-refractivity contribution >= 4 is 22.4 Å². The van der Waals surface area contributed by atoms with Gasteiger partial charge in [0.1, 0.15) is 0 Å². The Bertz CT molecular complexity index is 1530. The summed E-state index contributed by atoms with van der Waals surface area (Å²) >= 11 is 0. The first-order valence-corrected chi connectivity index (χ1v) is 13.9. The molecule has 1 nitrogen and oxygen atoms in total. The number of benzene rings is 2. The molecule has 1 heterocycles. The predicted octanol–water partition coefficient (Wildman–Crippen LogP) is 7.06. The lowest BCUT2D eigenvalue weighted by Crippen LogP contribution is -2.44. The lowest BCUT2D eigenvalue weighted by Gasteiger charge is -2.38. The minimum atomic E-state index is -0.112. The van der Waals surface area contributed by atoms with Crippen molar-refractivity contribution in [2.75, 3.05) is 0 Å². The first-order valence-electron chi connectivity index (χ1n) is 13.9. The monoisotopic (exact) mass is 459 g/mol. The molecule has 2 atom stereocenters. The third-order valence-corrected chi connectivity index (χ3v) is 9.94. The van der Waals surface area contributed by atoms with Gasteiger partial charge in [0.25, 0.3) is 0 Å². The van der Waals surface area contributed by atoms with Crippen LogP contribution < -0.4 is 10.4 Å². The van der Waals surface area contributed by atoms with Crippen LogP contribution in [-0.4, -0.2) is 4.98 Å². The predicted molar refractivity (Wildman–Crippen MR) is 147 cm³/mol. The second kappa shape index (κ2) is 7.66. The fraction of sp³-hybridized carbons (Fsp3) is 0.441. The van der Waals surface area contributed by atoms with Gasteiger partial charge in [-0.15, -0.1) is 0 Å². The van der Waals surface area contributed by atoms with Crippen LogP contribution in [0.5, 0.6) is 0 Å². The molecule has 1 aromatic heterocycles. The largest absolute Gasteiger partial charge is 0.256 e. The summed E-state index contributed by atoms with van der Waals surface area (Å²) in [5, 5.41) is 5.70. The zero-order valence-electron chi connectivity index (χ0n) is 21.7. The topological polar surface area (TPSA) is 12.9 Å². The van der Waals surface area contributed by atoms with Crippen molar-refractivity contribution in [3.05, 3.63) is 86.6 Å². The minimum Gasteiger partial charge on any atom is -0.256 e. The molecule has 4 aliphatic rings. The first kappa shape index (κ1) is 21.6. The highest BCUT2D eigenvalue weighted by Crippen LogP contribution is 2.47. The van der Waals surface area contributed by atoms with Gasteiger partial charge in [-0.3, -0.25) is 4.98 Å². The van der Waals surface area contributed by atoms with Gasteiger partial charge < -0.3 is 0 Å². The first-order chi connectivity index (χ1) is 16.9. The average molecular weight is 460 g/mol. The summed E-state index contributed by atoms with van der Waals surface area (Å²) < 4.78 is 0. The van der Waals surface area contributed by atoms with Crippen LogP contribution >= 0.6 is 0 Å². The molecular formula is C34H37N. The molecular weight excluding hydrogens is 422 g/mol. The molecule has 35 heavy (non-hydrogen) atoms. The molecule has 7 rings (SSSR count). The summed E-state index contributed by atoms with van der Waals surface area (Å²) in [6.07, 6.45) is 13.8. The highest BCUT2D eigenvalue weighted by atomic mass is 14.8. The van der Waals surface area contributed by atoms with E-state index in [0.717, 1.165) is 12.8 Å². The van der Waals surface area contributed by atoms with E-state index in [4.69, 9.17) is 4.98 Å². The summed E-state index contributed by atoms with van der Waals surface area (Å²) in [5.41, 5.74) is 10.3. The van der Waals surface area contributed by atoms with Crippen LogP contribution in [0.4, 0.5) is 0 Å². The molecule has 0 saturated heterocycles. The van der Waals surface area contributed by atoms with Crippen molar-refractivity contribution in [1.82, 2.24) is 4.98 Å². The fourth-order valence-corrected chi connectivity index (χ4v) is 7.63. The smallest absolute Gasteiger partial charge is 0.0588 e. The van der Waals surface area contributed by atoms with Gasteiger partial charge in [0.05, 0.1) is 5.69 Å². The van der Waals surface area contributed by atoms with E-state index in [0.29, 0.717) is 17.8 Å². The van der Waals surface area contributed by atoms with Crippen LogP contribution in [0.1, 0.15) is 100 Å². The van der Waals surface area contributed by atoms with Crippen molar-refractivity contribution < 1.29 is 0 Å². The standard InChI is InChI=1S/C34H37N/c1-20-16-27-26-13-9-8-12-24(26)18-29-32(27)28-17-23(21(20)2)14-15-25-19-30(22-10-6-5-7-11-22)35-33(31(25)28)34(29,3)4/h8-9,12-15,18-22H,5-7,10-11,16-17H2,1-4H3. The highest BCUT2D eigenvalue weighted by molar-refractivity contribution is 5.94. The second-order valence-corrected chi connectivity index (χ2v) is 12.4. The number of fused-ring (bicyclic) bond motifs is 3. The van der Waals surface area contributed by atoms with E-state index in [1.54, 1.807) is 22.3 Å². The third kappa shape index (κ3) is 3.09. The molecule has 2 bridgehead atoms. The minimum absolute atomic E-state index is 0.112. The second-order valence-electron chi connectivity index (χ2n) is 12.4. The molecule has 2 aromatic carbocycles. The maximum Gasteiger partial charge on any atom is 0.0588 e. The van der Waals surface area contributed by atoms with E-state index in [9.17, 15) is 0 Å². The molecule has 2 unspecified atom stereocenters. The molecule has 1 fully saturated rings. The van der Waals surface area contributed by atoms with Crippen LogP contribution in [-0.2, 0) is 11.8 Å². The summed E-state index contributed by atoms with van der Waals surface area (Å²) in [5.74, 6) is 1.81. The Hall–Kier alpha value is -2.67. The number of rotatable bonds is 1. The summed E-state index contributed by atoms with van der Waals surface area (Å²) in [4.78, 5) is 5.57. The molecule has 178 valence electrons. The molecule has 0 aliphatic heterocycles. The third-order valence-electron chi connectivity index (χ3n) is 9.94. The zero-order chi connectivity index (χ0) is 23.9. The van der Waals surface area contributed by atoms with E-state index in [1.165, 1.54) is 70.3 Å². The molecule has 0 amide bonds. The SMILES string of the molecule is CC1Cc2c3c(cc4ccccc24)C(C)(C)c2nc(C4CCCCC4)cc4c2=C3CC(=CC=4)C1C. The summed E-state index contributed by atoms with van der Waals surface area (Å²) in [6.45, 7) is 9.79. The van der Waals surface area contributed by atoms with Crippen LogP contribution in [0.3, 0.4) is 0 Å². The molecule has 0 N–H and O–H groups in total. The molecule has 1 heteroatoms. The maximum absolute atomic E-state index is 5.57. The van der Waals surface area contributed by atoms with Crippen LogP contribution in [0.15, 0.2) is 48.0 Å². The summed E-state index contributed by atoms with van der Waals surface area (Å²) in [6, 6.07) is 14.1. The number of pyridine rings is 1. The zero-order valence-corrected chi connectivity index (χ0v) is 21.7. The van der Waals surface area contributed by atoms with Gasteiger partial charge in [-0.05, 0) is 87.9 Å². The van der Waals surface area contributed by atoms with Crippen LogP contribution in [0, 0.1) is 11.8 Å². The number of allylic oxidation sites excluding steroid dienone is 2. The van der Waals surface area contributed by atoms with Gasteiger partial charge >= 0.3 is 0 Å². The Labute approximate surface area is 209 Å². The van der Waals surface area contributed by atoms with Crippen molar-refractivity contribution in [2.24, 2.45) is 11.8 Å². The molecule has 1 saturated carbocycles. The van der Waals surface area contributed by atoms with Gasteiger partial charge in [0.15, 0.2) is 0 Å². The Morgan fingerprint density at radius 2 is 1.74 bits per heavy atom. The number of aromatic nitrogens is 1. The van der Waals surface area contributed by atoms with Gasteiger partial charge in [-0.2, -0.15) is 0 Å². The molecule has 0 spiro atoms. The quantitative estimate of drug-likeness (QED) is 0.380. The lowest BCUT2D eigenvalue weighted by atomic mass is 9.66. The average Bonchev–Trinajstić information content (AvgIpc) is 3.07. The van der Waals surface area contributed by atoms with Crippen LogP contribution in [0.2, 0.25) is 0 Å². The molecule has 4 aliphatic carbocycles. The number of nitrogens with zero attached hydrogens (tertiary/aromatic N) is 1. The fourth-order valence-electron chi connectivity index (χ4n) is 7.63. The molecule has 3 aromatic rings. The van der Waals surface area contributed by atoms with E-state index < -0.39 is 0 Å². The Morgan fingerprint density at radius 1 is 0.943 bits per heavy atom. The Morgan fingerprint density at radius 3 is 2.57 bits per heavy atom. The maximum atomic E-state index is 5.57. The van der Waals surface area contributed by atoms with Crippen molar-refractivity contribution in [2.45, 2.75) is 84.0 Å². The van der Waals surface area contributed by atoms with Crippen molar-refractivity contribution in [3.63, 3.8) is 0 Å². The summed E-state index contributed by atoms with van der Waals surface area (Å²) in [7, 11) is 0. The van der Waals surface area contributed by atoms with E-state index in [-0.39, 0.29) is 5.41 Å². The van der Waals surface area contributed by atoms with Crippen molar-refractivity contribution in [3.8, 4) is 0 Å². The van der Waals surface area contributed by atoms with Crippen molar-refractivity contribution in [1.29, 1.82) is 0 Å². The highest BCUT2D eigenvalue weighted by Gasteiger charge is 2.39. The number of hydrogen-bond acceptors (Lipinski definition) is 1. The van der Waals surface area contributed by atoms with E-state index >= 15 is 0 Å². The Balaban J connectivity index is 1.64. The van der Waals surface area contributed by atoms with Crippen LogP contribution in [0.25, 0.3) is 22.4 Å². The van der Waals surface area contributed by atoms with Gasteiger partial charge in [0, 0.05) is 22.2 Å². The van der Waals surface area contributed by atoms with Gasteiger partial charge in [0.2, 0.25) is 0 Å².